The molecule has 1 aliphatic heterocycles. The van der Waals surface area contributed by atoms with Crippen LogP contribution in [0.1, 0.15) is 42.1 Å². The number of nitrogens with two attached hydrogens (primary N) is 1. The van der Waals surface area contributed by atoms with Crippen molar-refractivity contribution < 1.29 is 13.2 Å². The number of likely N-dealkylation sites (tertiary alicyclic amines) is 1. The molecule has 0 aliphatic carbocycles. The number of amides is 1. The number of carbonyl (C=O) groups excluding carboxylic acids is 1. The summed E-state index contributed by atoms with van der Waals surface area (Å²) < 4.78 is 23.8. The Morgan fingerprint density at radius 2 is 2.14 bits per heavy atom. The van der Waals surface area contributed by atoms with Gasteiger partial charge in [0.15, 0.2) is 0 Å². The predicted octanol–water partition coefficient (Wildman–Crippen LogP) is 2.42. The van der Waals surface area contributed by atoms with Crippen molar-refractivity contribution in [1.82, 2.24) is 4.90 Å². The van der Waals surface area contributed by atoms with Crippen LogP contribution in [-0.4, -0.2) is 31.8 Å². The van der Waals surface area contributed by atoms with Gasteiger partial charge < -0.3 is 4.90 Å². The second-order valence-corrected chi connectivity index (χ2v) is 7.77. The quantitative estimate of drug-likeness (QED) is 0.881. The van der Waals surface area contributed by atoms with Crippen molar-refractivity contribution in [1.29, 1.82) is 0 Å². The first-order valence-corrected chi connectivity index (χ1v) is 9.23. The molecule has 1 aromatic rings. The van der Waals surface area contributed by atoms with Crippen molar-refractivity contribution in [3.05, 3.63) is 27.7 Å². The number of hydrogen-bond donors (Lipinski definition) is 1. The zero-order chi connectivity index (χ0) is 15.8. The van der Waals surface area contributed by atoms with Gasteiger partial charge in [-0.05, 0) is 43.9 Å². The molecule has 116 valence electrons. The van der Waals surface area contributed by atoms with Crippen LogP contribution in [-0.2, 0) is 10.0 Å². The van der Waals surface area contributed by atoms with E-state index >= 15 is 0 Å². The average Bonchev–Trinajstić information content (AvgIpc) is 2.87. The molecule has 5 nitrogen and oxygen atoms in total. The molecule has 1 heterocycles. The minimum atomic E-state index is -3.86. The van der Waals surface area contributed by atoms with Crippen LogP contribution in [0.15, 0.2) is 21.5 Å². The molecule has 1 fully saturated rings. The Balaban J connectivity index is 2.49. The van der Waals surface area contributed by atoms with E-state index in [2.05, 4.69) is 22.9 Å². The number of sulfonamides is 1. The van der Waals surface area contributed by atoms with E-state index in [0.29, 0.717) is 22.1 Å². The van der Waals surface area contributed by atoms with Crippen LogP contribution in [0.2, 0.25) is 0 Å². The first kappa shape index (κ1) is 16.5. The van der Waals surface area contributed by atoms with E-state index in [0.717, 1.165) is 19.3 Å². The van der Waals surface area contributed by atoms with Gasteiger partial charge in [0.25, 0.3) is 5.91 Å². The lowest BCUT2D eigenvalue weighted by atomic mass is 10.1. The van der Waals surface area contributed by atoms with Crippen molar-refractivity contribution in [2.24, 2.45) is 5.14 Å². The van der Waals surface area contributed by atoms with Crippen LogP contribution >= 0.6 is 15.9 Å². The van der Waals surface area contributed by atoms with E-state index in [1.165, 1.54) is 6.07 Å². The molecule has 0 spiro atoms. The minimum Gasteiger partial charge on any atom is -0.336 e. The Kier molecular flexibility index (Phi) is 4.75. The van der Waals surface area contributed by atoms with Gasteiger partial charge in [-0.1, -0.05) is 22.9 Å². The lowest BCUT2D eigenvalue weighted by Gasteiger charge is -2.25. The molecule has 1 unspecified atom stereocenters. The van der Waals surface area contributed by atoms with E-state index in [1.807, 2.05) is 4.90 Å². The van der Waals surface area contributed by atoms with Gasteiger partial charge >= 0.3 is 0 Å². The summed E-state index contributed by atoms with van der Waals surface area (Å²) in [6.45, 7) is 4.39. The molecule has 0 bridgehead atoms. The van der Waals surface area contributed by atoms with Gasteiger partial charge in [0.1, 0.15) is 0 Å². The van der Waals surface area contributed by atoms with Gasteiger partial charge in [-0.3, -0.25) is 4.79 Å². The summed E-state index contributed by atoms with van der Waals surface area (Å²) in [5.41, 5.74) is 0.807. The molecule has 0 aromatic heterocycles. The van der Waals surface area contributed by atoms with Gasteiger partial charge in [0.2, 0.25) is 10.0 Å². The molecule has 1 saturated heterocycles. The molecule has 0 saturated carbocycles. The smallest absolute Gasteiger partial charge is 0.254 e. The zero-order valence-corrected chi connectivity index (χ0v) is 14.5. The number of primary sulfonamides is 1. The Labute approximate surface area is 133 Å². The molecule has 7 heteroatoms. The van der Waals surface area contributed by atoms with E-state index in [-0.39, 0.29) is 16.8 Å². The molecular formula is C14H19BrN2O3S. The second-order valence-electron chi connectivity index (χ2n) is 5.32. The summed E-state index contributed by atoms with van der Waals surface area (Å²) in [5, 5.41) is 5.23. The minimum absolute atomic E-state index is 0.00697. The van der Waals surface area contributed by atoms with Crippen molar-refractivity contribution in [3.8, 4) is 0 Å². The fourth-order valence-electron chi connectivity index (χ4n) is 2.85. The maximum Gasteiger partial charge on any atom is 0.254 e. The maximum absolute atomic E-state index is 12.7. The zero-order valence-electron chi connectivity index (χ0n) is 12.1. The van der Waals surface area contributed by atoms with Crippen LogP contribution in [0, 0.1) is 6.92 Å². The molecule has 1 aromatic carbocycles. The fraction of sp³-hybridized carbons (Fsp3) is 0.500. The summed E-state index contributed by atoms with van der Waals surface area (Å²) in [7, 11) is -3.86. The molecular weight excluding hydrogens is 356 g/mol. The van der Waals surface area contributed by atoms with Crippen LogP contribution in [0.25, 0.3) is 0 Å². The van der Waals surface area contributed by atoms with Crippen molar-refractivity contribution in [2.45, 2.75) is 44.0 Å². The van der Waals surface area contributed by atoms with Gasteiger partial charge in [0.05, 0.1) is 4.90 Å². The Morgan fingerprint density at radius 1 is 1.48 bits per heavy atom. The number of halogens is 1. The SMILES string of the molecule is CCC1CCCN1C(=O)c1cc(Br)cc(S(N)(=O)=O)c1C. The van der Waals surface area contributed by atoms with Crippen molar-refractivity contribution in [3.63, 3.8) is 0 Å². The third kappa shape index (κ3) is 3.30. The lowest BCUT2D eigenvalue weighted by Crippen LogP contribution is -2.35. The number of benzene rings is 1. The normalized spacial score (nSPS) is 19.0. The van der Waals surface area contributed by atoms with E-state index in [9.17, 15) is 13.2 Å². The maximum atomic E-state index is 12.7. The third-order valence-corrected chi connectivity index (χ3v) is 5.47. The van der Waals surface area contributed by atoms with E-state index in [4.69, 9.17) is 5.14 Å². The van der Waals surface area contributed by atoms with Crippen LogP contribution in [0.3, 0.4) is 0 Å². The highest BCUT2D eigenvalue weighted by molar-refractivity contribution is 9.10. The third-order valence-electron chi connectivity index (χ3n) is 3.97. The van der Waals surface area contributed by atoms with E-state index in [1.54, 1.807) is 13.0 Å². The molecule has 1 aliphatic rings. The molecule has 1 atom stereocenters. The fourth-order valence-corrected chi connectivity index (χ4v) is 4.29. The van der Waals surface area contributed by atoms with Gasteiger partial charge in [-0.25, -0.2) is 13.6 Å². The highest BCUT2D eigenvalue weighted by Crippen LogP contribution is 2.28. The van der Waals surface area contributed by atoms with Gasteiger partial charge in [-0.2, -0.15) is 0 Å². The highest BCUT2D eigenvalue weighted by Gasteiger charge is 2.30. The van der Waals surface area contributed by atoms with Gasteiger partial charge in [0, 0.05) is 22.6 Å². The summed E-state index contributed by atoms with van der Waals surface area (Å²) >= 11 is 3.26. The average molecular weight is 375 g/mol. The summed E-state index contributed by atoms with van der Waals surface area (Å²) in [6.07, 6.45) is 2.89. The lowest BCUT2D eigenvalue weighted by molar-refractivity contribution is 0.0732. The van der Waals surface area contributed by atoms with Crippen LogP contribution in [0.4, 0.5) is 0 Å². The molecule has 1 amide bonds. The predicted molar refractivity (Wildman–Crippen MR) is 84.6 cm³/mol. The van der Waals surface area contributed by atoms with Crippen LogP contribution in [0.5, 0.6) is 0 Å². The van der Waals surface area contributed by atoms with Crippen LogP contribution < -0.4 is 5.14 Å². The Hall–Kier alpha value is -0.920. The topological polar surface area (TPSA) is 80.5 Å². The Bertz CT molecular complexity index is 673. The molecule has 2 rings (SSSR count). The monoisotopic (exact) mass is 374 g/mol. The Morgan fingerprint density at radius 3 is 2.71 bits per heavy atom. The first-order valence-electron chi connectivity index (χ1n) is 6.89. The standard InChI is InChI=1S/C14H19BrN2O3S/c1-3-11-5-4-6-17(11)14(18)12-7-10(15)8-13(9(12)2)21(16,19)20/h7-8,11H,3-6H2,1-2H3,(H2,16,19,20). The largest absolute Gasteiger partial charge is 0.336 e. The number of rotatable bonds is 3. The number of carbonyl (C=O) groups is 1. The number of nitrogens with zero attached hydrogens (tertiary/aromatic N) is 1. The molecule has 21 heavy (non-hydrogen) atoms. The highest BCUT2D eigenvalue weighted by atomic mass is 79.9. The van der Waals surface area contributed by atoms with Crippen molar-refractivity contribution >= 4 is 31.9 Å². The summed E-state index contributed by atoms with van der Waals surface area (Å²) in [6, 6.07) is 3.33. The summed E-state index contributed by atoms with van der Waals surface area (Å²) in [4.78, 5) is 14.6. The summed E-state index contributed by atoms with van der Waals surface area (Å²) in [5.74, 6) is -0.122. The molecule has 0 radical (unpaired) electrons. The van der Waals surface area contributed by atoms with E-state index < -0.39 is 10.0 Å². The number of hydrogen-bond acceptors (Lipinski definition) is 3. The first-order chi connectivity index (χ1) is 9.75. The van der Waals surface area contributed by atoms with Crippen molar-refractivity contribution in [2.75, 3.05) is 6.54 Å². The second kappa shape index (κ2) is 6.06. The molecule has 2 N–H and O–H groups in total. The van der Waals surface area contributed by atoms with Gasteiger partial charge in [-0.15, -0.1) is 0 Å².